The van der Waals surface area contributed by atoms with Crippen LogP contribution in [0.15, 0.2) is 0 Å². The summed E-state index contributed by atoms with van der Waals surface area (Å²) in [6.07, 6.45) is 5.25. The van der Waals surface area contributed by atoms with E-state index in [1.165, 1.54) is 12.8 Å². The van der Waals surface area contributed by atoms with Gasteiger partial charge in [-0.3, -0.25) is 9.69 Å². The summed E-state index contributed by atoms with van der Waals surface area (Å²) < 4.78 is 5.39. The molecule has 4 aliphatic heterocycles. The number of nitrogens with zero attached hydrogens (tertiary/aromatic N) is 2. The molecule has 4 fully saturated rings. The second kappa shape index (κ2) is 5.88. The lowest BCUT2D eigenvalue weighted by atomic mass is 9.82. The topological polar surface area (TPSA) is 32.8 Å². The Hall–Kier alpha value is -0.610. The fraction of sp³-hybridized carbons (Fsp3) is 0.941. The Bertz CT molecular complexity index is 378. The molecule has 21 heavy (non-hydrogen) atoms. The highest BCUT2D eigenvalue weighted by Gasteiger charge is 2.49. The third-order valence-electron chi connectivity index (χ3n) is 6.01. The maximum atomic E-state index is 12.6. The molecule has 2 bridgehead atoms. The number of carbonyl (C=O) groups excluding carboxylic acids is 1. The molecular formula is C17H30N2O2. The predicted octanol–water partition coefficient (Wildman–Crippen LogP) is 2.28. The molecule has 4 rings (SSSR count). The maximum absolute atomic E-state index is 12.6. The summed E-state index contributed by atoms with van der Waals surface area (Å²) >= 11 is 0. The predicted molar refractivity (Wildman–Crippen MR) is 83.1 cm³/mol. The Morgan fingerprint density at radius 3 is 2.38 bits per heavy atom. The number of hydrogen-bond donors (Lipinski definition) is 0. The van der Waals surface area contributed by atoms with Gasteiger partial charge in [0.25, 0.3) is 0 Å². The van der Waals surface area contributed by atoms with Gasteiger partial charge in [-0.05, 0) is 45.4 Å². The molecule has 0 aliphatic carbocycles. The Balaban J connectivity index is 1.54. The van der Waals surface area contributed by atoms with E-state index in [2.05, 4.69) is 30.6 Å². The molecule has 0 aromatic carbocycles. The van der Waals surface area contributed by atoms with Crippen molar-refractivity contribution in [3.63, 3.8) is 0 Å². The molecule has 0 radical (unpaired) electrons. The monoisotopic (exact) mass is 294 g/mol. The standard InChI is InChI=1S/C17H30N2O2/c1-4-17(2,3)18-11-14-10-15(12-18)19(14)16(20)9-13-5-7-21-8-6-13/h13-15H,4-12H2,1-3H3. The second-order valence-electron chi connectivity index (χ2n) is 7.68. The van der Waals surface area contributed by atoms with Crippen LogP contribution in [-0.2, 0) is 9.53 Å². The van der Waals surface area contributed by atoms with Crippen LogP contribution in [0.25, 0.3) is 0 Å². The molecular weight excluding hydrogens is 264 g/mol. The Labute approximate surface area is 128 Å². The first-order valence-corrected chi connectivity index (χ1v) is 8.65. The molecule has 0 saturated carbocycles. The molecule has 0 aromatic rings. The van der Waals surface area contributed by atoms with Crippen LogP contribution in [0.1, 0.15) is 52.9 Å². The van der Waals surface area contributed by atoms with Gasteiger partial charge in [-0.25, -0.2) is 0 Å². The van der Waals surface area contributed by atoms with Gasteiger partial charge < -0.3 is 9.64 Å². The lowest BCUT2D eigenvalue weighted by Crippen LogP contribution is -2.72. The molecule has 2 unspecified atom stereocenters. The van der Waals surface area contributed by atoms with Crippen LogP contribution in [0.5, 0.6) is 0 Å². The van der Waals surface area contributed by atoms with E-state index < -0.39 is 0 Å². The van der Waals surface area contributed by atoms with E-state index in [0.717, 1.165) is 45.6 Å². The molecule has 4 heteroatoms. The molecule has 2 atom stereocenters. The van der Waals surface area contributed by atoms with Crippen LogP contribution in [-0.4, -0.2) is 59.6 Å². The van der Waals surface area contributed by atoms with Gasteiger partial charge in [0.2, 0.25) is 5.91 Å². The maximum Gasteiger partial charge on any atom is 0.223 e. The van der Waals surface area contributed by atoms with Crippen molar-refractivity contribution in [1.29, 1.82) is 0 Å². The zero-order chi connectivity index (χ0) is 15.0. The van der Waals surface area contributed by atoms with Gasteiger partial charge in [-0.2, -0.15) is 0 Å². The fourth-order valence-corrected chi connectivity index (χ4v) is 4.04. The Kier molecular flexibility index (Phi) is 4.28. The van der Waals surface area contributed by atoms with Gasteiger partial charge in [0.15, 0.2) is 0 Å². The van der Waals surface area contributed by atoms with Crippen molar-refractivity contribution in [3.8, 4) is 0 Å². The molecule has 0 aromatic heterocycles. The first-order valence-electron chi connectivity index (χ1n) is 8.65. The quantitative estimate of drug-likeness (QED) is 0.797. The number of hydrogen-bond acceptors (Lipinski definition) is 3. The van der Waals surface area contributed by atoms with Gasteiger partial charge in [0, 0.05) is 50.3 Å². The van der Waals surface area contributed by atoms with Gasteiger partial charge in [0.1, 0.15) is 0 Å². The zero-order valence-corrected chi connectivity index (χ0v) is 13.8. The molecule has 4 heterocycles. The summed E-state index contributed by atoms with van der Waals surface area (Å²) in [7, 11) is 0. The highest BCUT2D eigenvalue weighted by molar-refractivity contribution is 5.78. The average Bonchev–Trinajstić information content (AvgIpc) is 2.48. The Morgan fingerprint density at radius 1 is 1.19 bits per heavy atom. The van der Waals surface area contributed by atoms with Crippen LogP contribution < -0.4 is 0 Å². The number of piperidine rings is 1. The summed E-state index contributed by atoms with van der Waals surface area (Å²) in [6.45, 7) is 10.7. The van der Waals surface area contributed by atoms with Crippen molar-refractivity contribution in [3.05, 3.63) is 0 Å². The van der Waals surface area contributed by atoms with Gasteiger partial charge in [-0.1, -0.05) is 6.92 Å². The van der Waals surface area contributed by atoms with Crippen LogP contribution in [0, 0.1) is 5.92 Å². The van der Waals surface area contributed by atoms with E-state index in [-0.39, 0.29) is 5.54 Å². The van der Waals surface area contributed by atoms with Gasteiger partial charge in [0.05, 0.1) is 0 Å². The average molecular weight is 294 g/mol. The van der Waals surface area contributed by atoms with E-state index in [9.17, 15) is 4.79 Å². The van der Waals surface area contributed by atoms with Crippen LogP contribution >= 0.6 is 0 Å². The highest BCUT2D eigenvalue weighted by atomic mass is 16.5. The number of fused-ring (bicyclic) bond motifs is 2. The van der Waals surface area contributed by atoms with Crippen molar-refractivity contribution in [2.24, 2.45) is 5.92 Å². The third kappa shape index (κ3) is 2.98. The van der Waals surface area contributed by atoms with E-state index >= 15 is 0 Å². The zero-order valence-electron chi connectivity index (χ0n) is 13.8. The summed E-state index contributed by atoms with van der Waals surface area (Å²) in [6, 6.07) is 0.948. The first-order chi connectivity index (χ1) is 10.0. The number of carbonyl (C=O) groups is 1. The summed E-state index contributed by atoms with van der Waals surface area (Å²) in [5.41, 5.74) is 0.271. The lowest BCUT2D eigenvalue weighted by Gasteiger charge is -2.59. The van der Waals surface area contributed by atoms with E-state index in [0.29, 0.717) is 23.9 Å². The molecule has 0 N–H and O–H groups in total. The number of rotatable bonds is 4. The fourth-order valence-electron chi connectivity index (χ4n) is 4.04. The SMILES string of the molecule is CCC(C)(C)N1CC2CC(C1)N2C(=O)CC1CCOCC1. The van der Waals surface area contributed by atoms with Crippen molar-refractivity contribution in [2.75, 3.05) is 26.3 Å². The molecule has 1 amide bonds. The van der Waals surface area contributed by atoms with Crippen LogP contribution in [0.3, 0.4) is 0 Å². The van der Waals surface area contributed by atoms with Gasteiger partial charge in [-0.15, -0.1) is 0 Å². The largest absolute Gasteiger partial charge is 0.381 e. The second-order valence-corrected chi connectivity index (χ2v) is 7.68. The van der Waals surface area contributed by atoms with E-state index in [1.807, 2.05) is 0 Å². The summed E-state index contributed by atoms with van der Waals surface area (Å²) in [4.78, 5) is 17.4. The molecule has 4 nitrogen and oxygen atoms in total. The third-order valence-corrected chi connectivity index (χ3v) is 6.01. The van der Waals surface area contributed by atoms with Crippen molar-refractivity contribution < 1.29 is 9.53 Å². The first kappa shape index (κ1) is 15.3. The van der Waals surface area contributed by atoms with Crippen molar-refractivity contribution in [2.45, 2.75) is 70.5 Å². The molecule has 0 spiro atoms. The normalized spacial score (nSPS) is 31.1. The van der Waals surface area contributed by atoms with Crippen LogP contribution in [0.2, 0.25) is 0 Å². The van der Waals surface area contributed by atoms with Crippen molar-refractivity contribution >= 4 is 5.91 Å². The highest BCUT2D eigenvalue weighted by Crippen LogP contribution is 2.37. The van der Waals surface area contributed by atoms with E-state index in [1.54, 1.807) is 0 Å². The molecule has 120 valence electrons. The number of ether oxygens (including phenoxy) is 1. The molecule has 4 saturated heterocycles. The number of amides is 1. The smallest absolute Gasteiger partial charge is 0.223 e. The van der Waals surface area contributed by atoms with Crippen LogP contribution in [0.4, 0.5) is 0 Å². The minimum atomic E-state index is 0.271. The van der Waals surface area contributed by atoms with E-state index in [4.69, 9.17) is 4.74 Å². The minimum absolute atomic E-state index is 0.271. The van der Waals surface area contributed by atoms with Crippen molar-refractivity contribution in [1.82, 2.24) is 9.80 Å². The Morgan fingerprint density at radius 2 is 1.81 bits per heavy atom. The summed E-state index contributed by atoms with van der Waals surface area (Å²) in [5, 5.41) is 0. The minimum Gasteiger partial charge on any atom is -0.381 e. The number of piperazine rings is 1. The lowest BCUT2D eigenvalue weighted by molar-refractivity contribution is -0.160. The van der Waals surface area contributed by atoms with Gasteiger partial charge >= 0.3 is 0 Å². The summed E-state index contributed by atoms with van der Waals surface area (Å²) in [5.74, 6) is 0.952. The molecule has 4 aliphatic rings.